The molecule has 18 heavy (non-hydrogen) atoms. The van der Waals surface area contributed by atoms with Crippen molar-refractivity contribution in [3.63, 3.8) is 0 Å². The van der Waals surface area contributed by atoms with Crippen molar-refractivity contribution in [2.75, 3.05) is 13.2 Å². The Balaban J connectivity index is 1.51. The summed E-state index contributed by atoms with van der Waals surface area (Å²) in [5.74, 6) is 0.939. The minimum absolute atomic E-state index is 0.573. The largest absolute Gasteiger partial charge is 0.494 e. The van der Waals surface area contributed by atoms with Crippen molar-refractivity contribution in [1.82, 2.24) is 5.32 Å². The molecule has 1 aliphatic carbocycles. The minimum atomic E-state index is 0.573. The quantitative estimate of drug-likeness (QED) is 0.660. The summed E-state index contributed by atoms with van der Waals surface area (Å²) in [6.07, 6.45) is 6.36. The Morgan fingerprint density at radius 3 is 2.89 bits per heavy atom. The fourth-order valence-corrected chi connectivity index (χ4v) is 1.95. The van der Waals surface area contributed by atoms with Gasteiger partial charge in [-0.3, -0.25) is 0 Å². The van der Waals surface area contributed by atoms with E-state index < -0.39 is 0 Å². The monoisotopic (exact) mass is 248 g/mol. The summed E-state index contributed by atoms with van der Waals surface area (Å²) in [5.41, 5.74) is 6.72. The Labute approximate surface area is 110 Å². The molecule has 3 N–H and O–H groups in total. The van der Waals surface area contributed by atoms with Gasteiger partial charge in [0.15, 0.2) is 0 Å². The standard InChI is InChI=1S/C15H24N2O/c16-12-13-5-4-6-15(11-13)18-10-3-1-2-9-17-14-7-8-14/h4-6,11,14,17H,1-3,7-10,12,16H2. The van der Waals surface area contributed by atoms with Crippen LogP contribution in [0.4, 0.5) is 0 Å². The lowest BCUT2D eigenvalue weighted by Crippen LogP contribution is -2.17. The van der Waals surface area contributed by atoms with Crippen LogP contribution in [0, 0.1) is 0 Å². The van der Waals surface area contributed by atoms with E-state index in [-0.39, 0.29) is 0 Å². The molecule has 0 radical (unpaired) electrons. The van der Waals surface area contributed by atoms with Crippen molar-refractivity contribution in [3.8, 4) is 5.75 Å². The van der Waals surface area contributed by atoms with Crippen LogP contribution in [-0.2, 0) is 6.54 Å². The first-order valence-corrected chi connectivity index (χ1v) is 7.03. The number of nitrogens with one attached hydrogen (secondary N) is 1. The first-order valence-electron chi connectivity index (χ1n) is 7.03. The average molecular weight is 248 g/mol. The van der Waals surface area contributed by atoms with E-state index in [2.05, 4.69) is 5.32 Å². The average Bonchev–Trinajstić information content (AvgIpc) is 3.22. The van der Waals surface area contributed by atoms with Crippen LogP contribution in [0.2, 0.25) is 0 Å². The highest BCUT2D eigenvalue weighted by Gasteiger charge is 2.19. The van der Waals surface area contributed by atoms with Gasteiger partial charge in [0.2, 0.25) is 0 Å². The predicted molar refractivity (Wildman–Crippen MR) is 74.7 cm³/mol. The SMILES string of the molecule is NCc1cccc(OCCCCCNC2CC2)c1. The summed E-state index contributed by atoms with van der Waals surface area (Å²) in [6, 6.07) is 8.87. The molecule has 0 bridgehead atoms. The van der Waals surface area contributed by atoms with Crippen LogP contribution in [0.25, 0.3) is 0 Å². The zero-order chi connectivity index (χ0) is 12.6. The Kier molecular flexibility index (Phi) is 5.49. The molecule has 1 aromatic rings. The lowest BCUT2D eigenvalue weighted by atomic mass is 10.2. The molecule has 1 fully saturated rings. The maximum absolute atomic E-state index is 5.71. The van der Waals surface area contributed by atoms with Gasteiger partial charge in [0.05, 0.1) is 6.61 Å². The van der Waals surface area contributed by atoms with Crippen molar-refractivity contribution in [2.24, 2.45) is 5.73 Å². The van der Waals surface area contributed by atoms with E-state index in [0.717, 1.165) is 36.9 Å². The maximum atomic E-state index is 5.71. The minimum Gasteiger partial charge on any atom is -0.494 e. The second kappa shape index (κ2) is 7.39. The van der Waals surface area contributed by atoms with Crippen LogP contribution in [0.1, 0.15) is 37.7 Å². The lowest BCUT2D eigenvalue weighted by Gasteiger charge is -2.07. The Morgan fingerprint density at radius 2 is 2.11 bits per heavy atom. The molecule has 2 rings (SSSR count). The molecule has 100 valence electrons. The van der Waals surface area contributed by atoms with E-state index >= 15 is 0 Å². The molecule has 0 heterocycles. The summed E-state index contributed by atoms with van der Waals surface area (Å²) < 4.78 is 5.71. The van der Waals surface area contributed by atoms with Crippen LogP contribution in [0.3, 0.4) is 0 Å². The van der Waals surface area contributed by atoms with Crippen LogP contribution < -0.4 is 15.8 Å². The summed E-state index contributed by atoms with van der Waals surface area (Å²) in [6.45, 7) is 2.54. The van der Waals surface area contributed by atoms with E-state index in [1.807, 2.05) is 24.3 Å². The van der Waals surface area contributed by atoms with E-state index in [9.17, 15) is 0 Å². The molecule has 0 saturated heterocycles. The smallest absolute Gasteiger partial charge is 0.119 e. The molecule has 1 saturated carbocycles. The van der Waals surface area contributed by atoms with Gasteiger partial charge in [-0.25, -0.2) is 0 Å². The van der Waals surface area contributed by atoms with Crippen molar-refractivity contribution in [2.45, 2.75) is 44.7 Å². The van der Waals surface area contributed by atoms with Gasteiger partial charge in [0.1, 0.15) is 5.75 Å². The number of benzene rings is 1. The second-order valence-corrected chi connectivity index (χ2v) is 4.99. The zero-order valence-corrected chi connectivity index (χ0v) is 11.0. The van der Waals surface area contributed by atoms with E-state index in [1.165, 1.54) is 25.7 Å². The summed E-state index contributed by atoms with van der Waals surface area (Å²) in [7, 11) is 0. The first kappa shape index (κ1) is 13.4. The van der Waals surface area contributed by atoms with Crippen LogP contribution in [0.5, 0.6) is 5.75 Å². The number of hydrogen-bond acceptors (Lipinski definition) is 3. The highest BCUT2D eigenvalue weighted by molar-refractivity contribution is 5.28. The summed E-state index contributed by atoms with van der Waals surface area (Å²) in [4.78, 5) is 0. The molecule has 3 heteroatoms. The number of ether oxygens (including phenoxy) is 1. The molecule has 0 unspecified atom stereocenters. The van der Waals surface area contributed by atoms with Crippen LogP contribution >= 0.6 is 0 Å². The number of rotatable bonds is 9. The molecule has 0 atom stereocenters. The van der Waals surface area contributed by atoms with Crippen LogP contribution in [-0.4, -0.2) is 19.2 Å². The highest BCUT2D eigenvalue weighted by Crippen LogP contribution is 2.18. The third-order valence-corrected chi connectivity index (χ3v) is 3.23. The molecule has 1 aromatic carbocycles. The summed E-state index contributed by atoms with van der Waals surface area (Å²) in [5, 5.41) is 3.53. The molecular formula is C15H24N2O. The normalized spacial score (nSPS) is 14.7. The van der Waals surface area contributed by atoms with E-state index in [4.69, 9.17) is 10.5 Å². The van der Waals surface area contributed by atoms with Gasteiger partial charge in [-0.15, -0.1) is 0 Å². The Hall–Kier alpha value is -1.06. The predicted octanol–water partition coefficient (Wildman–Crippen LogP) is 2.45. The van der Waals surface area contributed by atoms with Gasteiger partial charge in [-0.1, -0.05) is 12.1 Å². The topological polar surface area (TPSA) is 47.3 Å². The second-order valence-electron chi connectivity index (χ2n) is 4.99. The number of nitrogens with two attached hydrogens (primary N) is 1. The van der Waals surface area contributed by atoms with Gasteiger partial charge >= 0.3 is 0 Å². The molecular weight excluding hydrogens is 224 g/mol. The highest BCUT2D eigenvalue weighted by atomic mass is 16.5. The van der Waals surface area contributed by atoms with Crippen molar-refractivity contribution in [3.05, 3.63) is 29.8 Å². The van der Waals surface area contributed by atoms with Gasteiger partial charge in [0, 0.05) is 12.6 Å². The first-order chi connectivity index (χ1) is 8.88. The Bertz CT molecular complexity index is 350. The lowest BCUT2D eigenvalue weighted by molar-refractivity contribution is 0.304. The van der Waals surface area contributed by atoms with Gasteiger partial charge in [-0.2, -0.15) is 0 Å². The molecule has 0 amide bonds. The van der Waals surface area contributed by atoms with Crippen molar-refractivity contribution in [1.29, 1.82) is 0 Å². The van der Waals surface area contributed by atoms with Gasteiger partial charge in [0.25, 0.3) is 0 Å². The van der Waals surface area contributed by atoms with Gasteiger partial charge < -0.3 is 15.8 Å². The van der Waals surface area contributed by atoms with E-state index in [1.54, 1.807) is 0 Å². The van der Waals surface area contributed by atoms with Crippen molar-refractivity contribution < 1.29 is 4.74 Å². The molecule has 0 aromatic heterocycles. The van der Waals surface area contributed by atoms with E-state index in [0.29, 0.717) is 6.54 Å². The molecule has 0 spiro atoms. The molecule has 3 nitrogen and oxygen atoms in total. The number of hydrogen-bond donors (Lipinski definition) is 2. The third kappa shape index (κ3) is 5.07. The van der Waals surface area contributed by atoms with Crippen molar-refractivity contribution >= 4 is 0 Å². The maximum Gasteiger partial charge on any atom is 0.119 e. The Morgan fingerprint density at radius 1 is 1.22 bits per heavy atom. The fourth-order valence-electron chi connectivity index (χ4n) is 1.95. The van der Waals surface area contributed by atoms with Crippen LogP contribution in [0.15, 0.2) is 24.3 Å². The number of unbranched alkanes of at least 4 members (excludes halogenated alkanes) is 2. The van der Waals surface area contributed by atoms with Gasteiger partial charge in [-0.05, 0) is 56.3 Å². The molecule has 1 aliphatic rings. The zero-order valence-electron chi connectivity index (χ0n) is 11.0. The molecule has 0 aliphatic heterocycles. The summed E-state index contributed by atoms with van der Waals surface area (Å²) >= 11 is 0. The fraction of sp³-hybridized carbons (Fsp3) is 0.600. The third-order valence-electron chi connectivity index (χ3n) is 3.23.